The van der Waals surface area contributed by atoms with E-state index in [1.807, 2.05) is 13.3 Å². The molecule has 1 rings (SSSR count). The van der Waals surface area contributed by atoms with Gasteiger partial charge in [0.1, 0.15) is 0 Å². The predicted octanol–water partition coefficient (Wildman–Crippen LogP) is 4.16. The van der Waals surface area contributed by atoms with Gasteiger partial charge in [-0.1, -0.05) is 43.0 Å². The summed E-state index contributed by atoms with van der Waals surface area (Å²) < 4.78 is 23.9. The van der Waals surface area contributed by atoms with Crippen molar-refractivity contribution in [3.8, 4) is 0 Å². The molecular weight excluding hydrogens is 279 g/mol. The van der Waals surface area contributed by atoms with Crippen LogP contribution in [0.25, 0.3) is 0 Å². The number of benzene rings is 1. The van der Waals surface area contributed by atoms with Gasteiger partial charge in [0.15, 0.2) is 9.84 Å². The Morgan fingerprint density at radius 2 is 1.71 bits per heavy atom. The number of hydrogen-bond acceptors (Lipinski definition) is 2. The molecular formula is C12H15Cl2O2S. The lowest BCUT2D eigenvalue weighted by Gasteiger charge is -2.05. The van der Waals surface area contributed by atoms with E-state index >= 15 is 0 Å². The van der Waals surface area contributed by atoms with Gasteiger partial charge in [-0.2, -0.15) is 0 Å². The van der Waals surface area contributed by atoms with Crippen molar-refractivity contribution in [3.05, 3.63) is 34.7 Å². The van der Waals surface area contributed by atoms with Crippen LogP contribution in [0.4, 0.5) is 0 Å². The minimum absolute atomic E-state index is 0.136. The molecule has 0 saturated carbocycles. The standard InChI is InChI=1S/C12H15Cl2O2S/c1-2-3-4-5-6-17(15,16)12-8-10(13)7-11(14)9-12/h2,7-9H,3-6H2,1H3. The summed E-state index contributed by atoms with van der Waals surface area (Å²) in [4.78, 5) is 0.204. The maximum Gasteiger partial charge on any atom is 0.178 e. The molecule has 0 atom stereocenters. The smallest absolute Gasteiger partial charge is 0.178 e. The van der Waals surface area contributed by atoms with Gasteiger partial charge in [0, 0.05) is 10.0 Å². The lowest BCUT2D eigenvalue weighted by molar-refractivity contribution is 0.591. The molecule has 95 valence electrons. The van der Waals surface area contributed by atoms with Crippen molar-refractivity contribution in [2.45, 2.75) is 31.1 Å². The first kappa shape index (κ1) is 14.8. The normalized spacial score (nSPS) is 11.7. The molecule has 0 aliphatic carbocycles. The molecule has 1 radical (unpaired) electrons. The number of rotatable bonds is 6. The Morgan fingerprint density at radius 1 is 1.12 bits per heavy atom. The van der Waals surface area contributed by atoms with Gasteiger partial charge in [0.2, 0.25) is 0 Å². The van der Waals surface area contributed by atoms with E-state index in [9.17, 15) is 8.42 Å². The Morgan fingerprint density at radius 3 is 2.24 bits per heavy atom. The fourth-order valence-corrected chi connectivity index (χ4v) is 3.55. The van der Waals surface area contributed by atoms with Gasteiger partial charge in [-0.15, -0.1) is 0 Å². The van der Waals surface area contributed by atoms with Crippen LogP contribution in [-0.2, 0) is 9.84 Å². The summed E-state index contributed by atoms with van der Waals surface area (Å²) in [6.07, 6.45) is 4.50. The molecule has 1 aromatic rings. The number of halogens is 2. The second kappa shape index (κ2) is 6.62. The molecule has 0 unspecified atom stereocenters. The van der Waals surface area contributed by atoms with Gasteiger partial charge in [0.05, 0.1) is 10.6 Å². The Hall–Kier alpha value is -0.250. The molecule has 0 bridgehead atoms. The van der Waals surface area contributed by atoms with Crippen LogP contribution in [0.3, 0.4) is 0 Å². The molecule has 0 saturated heterocycles. The molecule has 0 aromatic heterocycles. The van der Waals surface area contributed by atoms with Crippen molar-refractivity contribution in [2.75, 3.05) is 5.75 Å². The first-order valence-corrected chi connectivity index (χ1v) is 7.83. The second-order valence-electron chi connectivity index (χ2n) is 3.83. The van der Waals surface area contributed by atoms with E-state index in [4.69, 9.17) is 23.2 Å². The van der Waals surface area contributed by atoms with Gasteiger partial charge in [0.25, 0.3) is 0 Å². The minimum Gasteiger partial charge on any atom is -0.224 e. The summed E-state index contributed by atoms with van der Waals surface area (Å²) >= 11 is 11.6. The lowest BCUT2D eigenvalue weighted by Crippen LogP contribution is -2.06. The zero-order valence-electron chi connectivity index (χ0n) is 9.62. The third-order valence-corrected chi connectivity index (χ3v) is 4.57. The fourth-order valence-electron chi connectivity index (χ4n) is 1.47. The summed E-state index contributed by atoms with van der Waals surface area (Å²) in [6, 6.07) is 4.40. The van der Waals surface area contributed by atoms with Crippen LogP contribution < -0.4 is 0 Å². The molecule has 5 heteroatoms. The zero-order valence-corrected chi connectivity index (χ0v) is 11.9. The van der Waals surface area contributed by atoms with E-state index in [0.29, 0.717) is 16.5 Å². The van der Waals surface area contributed by atoms with Crippen molar-refractivity contribution < 1.29 is 8.42 Å². The highest BCUT2D eigenvalue weighted by Crippen LogP contribution is 2.23. The van der Waals surface area contributed by atoms with Crippen LogP contribution in [0, 0.1) is 6.42 Å². The van der Waals surface area contributed by atoms with Crippen LogP contribution in [0.15, 0.2) is 23.1 Å². The molecule has 0 spiro atoms. The van der Waals surface area contributed by atoms with Crippen LogP contribution in [0.2, 0.25) is 10.0 Å². The summed E-state index contributed by atoms with van der Waals surface area (Å²) in [5.41, 5.74) is 0. The third kappa shape index (κ3) is 4.86. The van der Waals surface area contributed by atoms with Crippen molar-refractivity contribution in [2.24, 2.45) is 0 Å². The maximum absolute atomic E-state index is 12.0. The second-order valence-corrected chi connectivity index (χ2v) is 6.81. The monoisotopic (exact) mass is 293 g/mol. The van der Waals surface area contributed by atoms with Gasteiger partial charge in [-0.3, -0.25) is 0 Å². The Labute approximate surface area is 113 Å². The van der Waals surface area contributed by atoms with E-state index in [-0.39, 0.29) is 10.6 Å². The highest BCUT2D eigenvalue weighted by molar-refractivity contribution is 7.91. The zero-order chi connectivity index (χ0) is 12.9. The molecule has 1 aromatic carbocycles. The van der Waals surface area contributed by atoms with Gasteiger partial charge >= 0.3 is 0 Å². The predicted molar refractivity (Wildman–Crippen MR) is 72.3 cm³/mol. The Kier molecular flexibility index (Phi) is 5.77. The average molecular weight is 294 g/mol. The van der Waals surface area contributed by atoms with Crippen LogP contribution in [-0.4, -0.2) is 14.2 Å². The van der Waals surface area contributed by atoms with Crippen molar-refractivity contribution >= 4 is 33.0 Å². The topological polar surface area (TPSA) is 34.1 Å². The summed E-state index contributed by atoms with van der Waals surface area (Å²) in [5, 5.41) is 0.691. The van der Waals surface area contributed by atoms with E-state index in [1.54, 1.807) is 0 Å². The molecule has 0 aliphatic heterocycles. The van der Waals surface area contributed by atoms with Crippen molar-refractivity contribution in [1.82, 2.24) is 0 Å². The summed E-state index contributed by atoms with van der Waals surface area (Å²) in [6.45, 7) is 1.96. The van der Waals surface area contributed by atoms with Gasteiger partial charge in [-0.05, 0) is 31.0 Å². The first-order valence-electron chi connectivity index (χ1n) is 5.42. The quantitative estimate of drug-likeness (QED) is 0.738. The third-order valence-electron chi connectivity index (χ3n) is 2.35. The van der Waals surface area contributed by atoms with E-state index < -0.39 is 9.84 Å². The first-order chi connectivity index (χ1) is 7.95. The Balaban J connectivity index is 2.75. The highest BCUT2D eigenvalue weighted by atomic mass is 35.5. The largest absolute Gasteiger partial charge is 0.224 e. The summed E-state index contributed by atoms with van der Waals surface area (Å²) in [5.74, 6) is 0.136. The van der Waals surface area contributed by atoms with Gasteiger partial charge < -0.3 is 0 Å². The summed E-state index contributed by atoms with van der Waals surface area (Å²) in [7, 11) is -3.27. The minimum atomic E-state index is -3.27. The fraction of sp³-hybridized carbons (Fsp3) is 0.417. The number of sulfone groups is 1. The lowest BCUT2D eigenvalue weighted by atomic mass is 10.2. The van der Waals surface area contributed by atoms with E-state index in [1.165, 1.54) is 18.2 Å². The molecule has 0 N–H and O–H groups in total. The average Bonchev–Trinajstić information content (AvgIpc) is 2.23. The maximum atomic E-state index is 12.0. The van der Waals surface area contributed by atoms with Crippen LogP contribution in [0.5, 0.6) is 0 Å². The van der Waals surface area contributed by atoms with Gasteiger partial charge in [-0.25, -0.2) is 8.42 Å². The molecule has 0 aliphatic rings. The molecule has 17 heavy (non-hydrogen) atoms. The highest BCUT2D eigenvalue weighted by Gasteiger charge is 2.15. The molecule has 0 amide bonds. The molecule has 0 heterocycles. The molecule has 0 fully saturated rings. The molecule has 2 nitrogen and oxygen atoms in total. The SMILES string of the molecule is C[CH]CCCCS(=O)(=O)c1cc(Cl)cc(Cl)c1. The van der Waals surface area contributed by atoms with E-state index in [0.717, 1.165) is 12.8 Å². The number of hydrogen-bond donors (Lipinski definition) is 0. The van der Waals surface area contributed by atoms with E-state index in [2.05, 4.69) is 0 Å². The van der Waals surface area contributed by atoms with Crippen molar-refractivity contribution in [1.29, 1.82) is 0 Å². The Bertz CT molecular complexity index is 449. The number of unbranched alkanes of at least 4 members (excludes halogenated alkanes) is 3. The van der Waals surface area contributed by atoms with Crippen molar-refractivity contribution in [3.63, 3.8) is 0 Å². The van der Waals surface area contributed by atoms with Crippen LogP contribution >= 0.6 is 23.2 Å². The van der Waals surface area contributed by atoms with Crippen LogP contribution in [0.1, 0.15) is 26.2 Å².